The minimum atomic E-state index is -0.548. The Morgan fingerprint density at radius 2 is 1.92 bits per heavy atom. The molecule has 2 aliphatic rings. The molecule has 6 nitrogen and oxygen atoms in total. The lowest BCUT2D eigenvalue weighted by Gasteiger charge is -2.26. The number of amides is 2. The second-order valence-corrected chi connectivity index (χ2v) is 6.27. The van der Waals surface area contributed by atoms with Crippen LogP contribution in [0, 0.1) is 5.92 Å². The average Bonchev–Trinajstić information content (AvgIpc) is 3.02. The fraction of sp³-hybridized carbons (Fsp3) is 0.556. The minimum absolute atomic E-state index is 0.0909. The van der Waals surface area contributed by atoms with Gasteiger partial charge < -0.3 is 15.0 Å². The molecule has 3 rings (SSSR count). The highest BCUT2D eigenvalue weighted by atomic mass is 16.5. The molecule has 2 heterocycles. The summed E-state index contributed by atoms with van der Waals surface area (Å²) < 4.78 is 5.32. The summed E-state index contributed by atoms with van der Waals surface area (Å²) in [6.45, 7) is 5.68. The maximum absolute atomic E-state index is 12.5. The van der Waals surface area contributed by atoms with Crippen molar-refractivity contribution in [2.24, 2.45) is 5.92 Å². The Morgan fingerprint density at radius 3 is 2.67 bits per heavy atom. The van der Waals surface area contributed by atoms with Crippen molar-refractivity contribution in [3.8, 4) is 0 Å². The highest BCUT2D eigenvalue weighted by molar-refractivity contribution is 6.09. The fourth-order valence-corrected chi connectivity index (χ4v) is 3.25. The third-order valence-corrected chi connectivity index (χ3v) is 4.64. The lowest BCUT2D eigenvalue weighted by molar-refractivity contribution is -0.132. The Morgan fingerprint density at radius 1 is 1.17 bits per heavy atom. The number of benzene rings is 1. The number of nitrogens with one attached hydrogen (secondary N) is 1. The first-order valence-electron chi connectivity index (χ1n) is 8.70. The van der Waals surface area contributed by atoms with E-state index in [4.69, 9.17) is 4.74 Å². The number of para-hydroxylation sites is 1. The van der Waals surface area contributed by atoms with Gasteiger partial charge in [-0.15, -0.1) is 0 Å². The molecule has 2 amide bonds. The van der Waals surface area contributed by atoms with Gasteiger partial charge in [-0.05, 0) is 31.5 Å². The highest BCUT2D eigenvalue weighted by Gasteiger charge is 2.37. The zero-order valence-corrected chi connectivity index (χ0v) is 13.9. The van der Waals surface area contributed by atoms with E-state index in [0.29, 0.717) is 19.5 Å². The summed E-state index contributed by atoms with van der Waals surface area (Å²) in [6.07, 6.45) is 1.48. The van der Waals surface area contributed by atoms with Crippen molar-refractivity contribution in [2.75, 3.05) is 50.8 Å². The van der Waals surface area contributed by atoms with Crippen molar-refractivity contribution in [3.63, 3.8) is 0 Å². The summed E-state index contributed by atoms with van der Waals surface area (Å²) >= 11 is 0. The number of hydrogen-bond donors (Lipinski definition) is 1. The standard InChI is InChI=1S/C18H25N3O3/c22-17(19-8-4-9-20-11-13-24-14-12-20)16-7-10-21(18(16)23)15-5-2-1-3-6-15/h1-3,5-6,16H,4,7-14H2,(H,19,22)/t16-/m1/s1. The number of morpholine rings is 1. The lowest BCUT2D eigenvalue weighted by atomic mass is 10.1. The third kappa shape index (κ3) is 4.13. The zero-order chi connectivity index (χ0) is 16.8. The van der Waals surface area contributed by atoms with Gasteiger partial charge in [0.15, 0.2) is 0 Å². The Kier molecular flexibility index (Phi) is 5.82. The van der Waals surface area contributed by atoms with Gasteiger partial charge in [0, 0.05) is 31.9 Å². The van der Waals surface area contributed by atoms with Crippen molar-refractivity contribution >= 4 is 17.5 Å². The Bertz CT molecular complexity index is 558. The molecular weight excluding hydrogens is 306 g/mol. The van der Waals surface area contributed by atoms with Crippen LogP contribution in [0.4, 0.5) is 5.69 Å². The summed E-state index contributed by atoms with van der Waals surface area (Å²) in [6, 6.07) is 9.53. The van der Waals surface area contributed by atoms with E-state index in [1.165, 1.54) is 0 Å². The number of hydrogen-bond acceptors (Lipinski definition) is 4. The van der Waals surface area contributed by atoms with Gasteiger partial charge in [0.05, 0.1) is 13.2 Å². The fourth-order valence-electron chi connectivity index (χ4n) is 3.25. The molecule has 2 fully saturated rings. The molecule has 0 saturated carbocycles. The Labute approximate surface area is 142 Å². The molecule has 0 radical (unpaired) electrons. The van der Waals surface area contributed by atoms with Crippen molar-refractivity contribution < 1.29 is 14.3 Å². The van der Waals surface area contributed by atoms with Crippen LogP contribution in [0.3, 0.4) is 0 Å². The first kappa shape index (κ1) is 16.9. The van der Waals surface area contributed by atoms with Gasteiger partial charge in [-0.3, -0.25) is 14.5 Å². The van der Waals surface area contributed by atoms with Crippen LogP contribution >= 0.6 is 0 Å². The molecule has 6 heteroatoms. The predicted octanol–water partition coefficient (Wildman–Crippen LogP) is 0.878. The molecular formula is C18H25N3O3. The summed E-state index contributed by atoms with van der Waals surface area (Å²) in [5.41, 5.74) is 0.866. The summed E-state index contributed by atoms with van der Waals surface area (Å²) in [7, 11) is 0. The Balaban J connectivity index is 1.41. The maximum atomic E-state index is 12.5. The summed E-state index contributed by atoms with van der Waals surface area (Å²) in [5, 5.41) is 2.92. The normalized spacial score (nSPS) is 21.9. The first-order valence-corrected chi connectivity index (χ1v) is 8.70. The number of carbonyl (C=O) groups excluding carboxylic acids is 2. The summed E-state index contributed by atoms with van der Waals surface area (Å²) in [5.74, 6) is -0.777. The molecule has 0 aliphatic carbocycles. The van der Waals surface area contributed by atoms with Crippen LogP contribution in [0.15, 0.2) is 30.3 Å². The lowest BCUT2D eigenvalue weighted by Crippen LogP contribution is -2.40. The molecule has 0 spiro atoms. The van der Waals surface area contributed by atoms with Gasteiger partial charge in [0.1, 0.15) is 5.92 Å². The van der Waals surface area contributed by atoms with Crippen LogP contribution in [0.2, 0.25) is 0 Å². The van der Waals surface area contributed by atoms with E-state index in [9.17, 15) is 9.59 Å². The second-order valence-electron chi connectivity index (χ2n) is 6.27. The van der Waals surface area contributed by atoms with Crippen LogP contribution in [0.25, 0.3) is 0 Å². The van der Waals surface area contributed by atoms with Gasteiger partial charge in [-0.1, -0.05) is 18.2 Å². The molecule has 0 unspecified atom stereocenters. The summed E-state index contributed by atoms with van der Waals surface area (Å²) in [4.78, 5) is 28.8. The van der Waals surface area contributed by atoms with E-state index in [-0.39, 0.29) is 11.8 Å². The van der Waals surface area contributed by atoms with E-state index in [1.54, 1.807) is 4.90 Å². The smallest absolute Gasteiger partial charge is 0.239 e. The van der Waals surface area contributed by atoms with Gasteiger partial charge in [0.25, 0.3) is 0 Å². The minimum Gasteiger partial charge on any atom is -0.379 e. The Hall–Kier alpha value is -1.92. The number of ether oxygens (including phenoxy) is 1. The number of rotatable bonds is 6. The third-order valence-electron chi connectivity index (χ3n) is 4.64. The molecule has 0 aromatic heterocycles. The van der Waals surface area contributed by atoms with Gasteiger partial charge in [0.2, 0.25) is 11.8 Å². The van der Waals surface area contributed by atoms with Crippen LogP contribution in [0.1, 0.15) is 12.8 Å². The average molecular weight is 331 g/mol. The van der Waals surface area contributed by atoms with Gasteiger partial charge >= 0.3 is 0 Å². The van der Waals surface area contributed by atoms with Crippen molar-refractivity contribution in [1.82, 2.24) is 10.2 Å². The topological polar surface area (TPSA) is 61.9 Å². The van der Waals surface area contributed by atoms with Crippen molar-refractivity contribution in [2.45, 2.75) is 12.8 Å². The number of anilines is 1. The highest BCUT2D eigenvalue weighted by Crippen LogP contribution is 2.24. The first-order chi connectivity index (χ1) is 11.8. The molecule has 1 N–H and O–H groups in total. The molecule has 0 bridgehead atoms. The van der Waals surface area contributed by atoms with Crippen LogP contribution < -0.4 is 10.2 Å². The molecule has 130 valence electrons. The van der Waals surface area contributed by atoms with E-state index < -0.39 is 5.92 Å². The second kappa shape index (κ2) is 8.26. The molecule has 1 aromatic rings. The monoisotopic (exact) mass is 331 g/mol. The van der Waals surface area contributed by atoms with Gasteiger partial charge in [-0.2, -0.15) is 0 Å². The quantitative estimate of drug-likeness (QED) is 0.621. The molecule has 2 saturated heterocycles. The van der Waals surface area contributed by atoms with Crippen molar-refractivity contribution in [3.05, 3.63) is 30.3 Å². The van der Waals surface area contributed by atoms with E-state index in [2.05, 4.69) is 10.2 Å². The maximum Gasteiger partial charge on any atom is 0.239 e. The van der Waals surface area contributed by atoms with Crippen LogP contribution in [-0.2, 0) is 14.3 Å². The van der Waals surface area contributed by atoms with Crippen molar-refractivity contribution in [1.29, 1.82) is 0 Å². The van der Waals surface area contributed by atoms with Gasteiger partial charge in [-0.25, -0.2) is 0 Å². The number of nitrogens with zero attached hydrogens (tertiary/aromatic N) is 2. The molecule has 2 aliphatic heterocycles. The molecule has 24 heavy (non-hydrogen) atoms. The molecule has 1 aromatic carbocycles. The van der Waals surface area contributed by atoms with E-state index >= 15 is 0 Å². The van der Waals surface area contributed by atoms with Crippen LogP contribution in [-0.4, -0.2) is 62.7 Å². The molecule has 1 atom stereocenters. The zero-order valence-electron chi connectivity index (χ0n) is 13.9. The SMILES string of the molecule is O=C(NCCCN1CCOCC1)[C@H]1CCN(c2ccccc2)C1=O. The largest absolute Gasteiger partial charge is 0.379 e. The van der Waals surface area contributed by atoms with Crippen LogP contribution in [0.5, 0.6) is 0 Å². The van der Waals surface area contributed by atoms with E-state index in [0.717, 1.165) is 45.0 Å². The van der Waals surface area contributed by atoms with E-state index in [1.807, 2.05) is 30.3 Å². The predicted molar refractivity (Wildman–Crippen MR) is 91.8 cm³/mol. The number of carbonyl (C=O) groups is 2.